The fourth-order valence-corrected chi connectivity index (χ4v) is 0. The van der Waals surface area contributed by atoms with Gasteiger partial charge in [-0.25, -0.2) is 0 Å². The highest BCUT2D eigenvalue weighted by molar-refractivity contribution is 8.49. The summed E-state index contributed by atoms with van der Waals surface area (Å²) in [7, 11) is -2.31. The standard InChI is InChI=1S/C4H15O3PS/c1-9(2,3,4)8(5,6)7/h5-7H,1-4H3. The minimum absolute atomic E-state index is 1.70. The Morgan fingerprint density at radius 2 is 1.00 bits per heavy atom. The molecule has 0 atom stereocenters. The predicted molar refractivity (Wildman–Crippen MR) is 44.6 cm³/mol. The van der Waals surface area contributed by atoms with E-state index in [2.05, 4.69) is 0 Å². The Morgan fingerprint density at radius 3 is 1.00 bits per heavy atom. The van der Waals surface area contributed by atoms with Crippen LogP contribution in [0.2, 0.25) is 0 Å². The molecule has 3 nitrogen and oxygen atoms in total. The van der Waals surface area contributed by atoms with Crippen molar-refractivity contribution in [1.82, 2.24) is 0 Å². The minimum Gasteiger partial charge on any atom is -0.329 e. The lowest BCUT2D eigenvalue weighted by atomic mass is 11.8. The zero-order valence-corrected chi connectivity index (χ0v) is 7.91. The van der Waals surface area contributed by atoms with Crippen LogP contribution in [-0.4, -0.2) is 39.7 Å². The number of hydrogen-bond acceptors (Lipinski definition) is 0. The van der Waals surface area contributed by atoms with Crippen molar-refractivity contribution in [2.45, 2.75) is 0 Å². The van der Waals surface area contributed by atoms with Gasteiger partial charge in [-0.2, -0.15) is 8.34 Å². The molecule has 0 aromatic rings. The lowest BCUT2D eigenvalue weighted by Crippen LogP contribution is -2.26. The third-order valence-corrected chi connectivity index (χ3v) is 8.82. The average molecular weight is 174 g/mol. The van der Waals surface area contributed by atoms with Gasteiger partial charge < -0.3 is 14.7 Å². The molecule has 0 aromatic carbocycles. The molecule has 0 aromatic heterocycles. The molecule has 0 amide bonds. The second-order valence-corrected chi connectivity index (χ2v) is 16.9. The number of hydrogen-bond donors (Lipinski definition) is 3. The van der Waals surface area contributed by atoms with Crippen LogP contribution in [-0.2, 0) is 8.34 Å². The molecular weight excluding hydrogens is 159 g/mol. The lowest BCUT2D eigenvalue weighted by molar-refractivity contribution is 0.362. The van der Waals surface area contributed by atoms with Crippen LogP contribution in [0.3, 0.4) is 0 Å². The highest BCUT2D eigenvalue weighted by Crippen LogP contribution is 2.47. The first-order valence-corrected chi connectivity index (χ1v) is 8.34. The first-order chi connectivity index (χ1) is 3.51. The van der Waals surface area contributed by atoms with Gasteiger partial charge in [0.05, 0.1) is 0 Å². The summed E-state index contributed by atoms with van der Waals surface area (Å²) in [6.07, 6.45) is 6.80. The summed E-state index contributed by atoms with van der Waals surface area (Å²) in [5.74, 6) is 0. The summed E-state index contributed by atoms with van der Waals surface area (Å²) in [6, 6.07) is 0. The maximum Gasteiger partial charge on any atom is 0.261 e. The molecule has 0 rings (SSSR count). The Balaban J connectivity index is 5.45. The van der Waals surface area contributed by atoms with E-state index in [-0.39, 0.29) is 0 Å². The van der Waals surface area contributed by atoms with Gasteiger partial charge in [0.15, 0.2) is 0 Å². The molecule has 0 saturated heterocycles. The van der Waals surface area contributed by atoms with Crippen LogP contribution in [0.15, 0.2) is 0 Å². The van der Waals surface area contributed by atoms with E-state index in [0.717, 1.165) is 0 Å². The van der Waals surface area contributed by atoms with Crippen LogP contribution in [0.5, 0.6) is 0 Å². The zero-order valence-electron chi connectivity index (χ0n) is 6.20. The second-order valence-electron chi connectivity index (χ2n) is 3.69. The van der Waals surface area contributed by atoms with Crippen LogP contribution < -0.4 is 0 Å². The molecule has 0 saturated carbocycles. The Labute approximate surface area is 55.5 Å². The van der Waals surface area contributed by atoms with Crippen molar-refractivity contribution in [3.05, 3.63) is 0 Å². The summed E-state index contributed by atoms with van der Waals surface area (Å²) in [4.78, 5) is 26.7. The van der Waals surface area contributed by atoms with Gasteiger partial charge in [-0.15, -0.1) is 0 Å². The molecule has 0 fully saturated rings. The van der Waals surface area contributed by atoms with Crippen LogP contribution in [0.4, 0.5) is 0 Å². The summed E-state index contributed by atoms with van der Waals surface area (Å²) >= 11 is 0. The number of rotatable bonds is 0. The highest BCUT2D eigenvalue weighted by Gasteiger charge is 2.22. The van der Waals surface area contributed by atoms with Crippen molar-refractivity contribution in [2.24, 2.45) is 0 Å². The van der Waals surface area contributed by atoms with E-state index < -0.39 is 15.1 Å². The van der Waals surface area contributed by atoms with Gasteiger partial charge >= 0.3 is 0 Å². The first kappa shape index (κ1) is 9.66. The van der Waals surface area contributed by atoms with E-state index in [1.165, 1.54) is 0 Å². The van der Waals surface area contributed by atoms with E-state index in [0.29, 0.717) is 0 Å². The molecule has 0 spiro atoms. The van der Waals surface area contributed by atoms with Gasteiger partial charge in [0.2, 0.25) is 0 Å². The quantitative estimate of drug-likeness (QED) is 0.447. The van der Waals surface area contributed by atoms with Gasteiger partial charge in [-0.05, 0) is 25.0 Å². The van der Waals surface area contributed by atoms with Gasteiger partial charge in [0, 0.05) is 0 Å². The first-order valence-electron chi connectivity index (χ1n) is 2.42. The Bertz CT molecular complexity index is 176. The van der Waals surface area contributed by atoms with Crippen molar-refractivity contribution in [2.75, 3.05) is 25.0 Å². The van der Waals surface area contributed by atoms with Crippen molar-refractivity contribution in [1.29, 1.82) is 0 Å². The Hall–Kier alpha value is 0.660. The van der Waals surface area contributed by atoms with Crippen molar-refractivity contribution in [3.8, 4) is 0 Å². The molecule has 5 heteroatoms. The van der Waals surface area contributed by atoms with E-state index in [4.69, 9.17) is 14.7 Å². The van der Waals surface area contributed by atoms with Gasteiger partial charge in [-0.1, -0.05) is 0 Å². The van der Waals surface area contributed by atoms with Gasteiger partial charge in [-0.3, -0.25) is 0 Å². The molecule has 0 heterocycles. The molecule has 0 aliphatic heterocycles. The molecule has 60 valence electrons. The average Bonchev–Trinajstić information content (AvgIpc) is 1.20. The smallest absolute Gasteiger partial charge is 0.261 e. The van der Waals surface area contributed by atoms with E-state index in [1.54, 1.807) is 25.0 Å². The Morgan fingerprint density at radius 1 is 0.889 bits per heavy atom. The van der Waals surface area contributed by atoms with E-state index >= 15 is 0 Å². The normalized spacial score (nSPS) is 18.8. The summed E-state index contributed by atoms with van der Waals surface area (Å²) in [6.45, 7) is -3.60. The van der Waals surface area contributed by atoms with Crippen LogP contribution in [0.25, 0.3) is 0 Å². The molecule has 0 radical (unpaired) electrons. The largest absolute Gasteiger partial charge is 0.329 e. The topological polar surface area (TPSA) is 60.7 Å². The third-order valence-electron chi connectivity index (χ3n) is 0.980. The maximum atomic E-state index is 8.88. The van der Waals surface area contributed by atoms with E-state index in [1.807, 2.05) is 0 Å². The van der Waals surface area contributed by atoms with Crippen LogP contribution in [0, 0.1) is 0 Å². The van der Waals surface area contributed by atoms with Crippen molar-refractivity contribution in [3.63, 3.8) is 0 Å². The van der Waals surface area contributed by atoms with E-state index in [9.17, 15) is 0 Å². The lowest BCUT2D eigenvalue weighted by Gasteiger charge is -2.35. The molecule has 0 unspecified atom stereocenters. The maximum absolute atomic E-state index is 8.88. The molecule has 0 bridgehead atoms. The van der Waals surface area contributed by atoms with Crippen molar-refractivity contribution >= 4 is 15.1 Å². The predicted octanol–water partition coefficient (Wildman–Crippen LogP) is -0.150. The van der Waals surface area contributed by atoms with Crippen molar-refractivity contribution < 1.29 is 14.7 Å². The molecular formula is C4H15O3PS. The summed E-state index contributed by atoms with van der Waals surface area (Å²) < 4.78 is 0. The third kappa shape index (κ3) is 2.40. The zero-order chi connectivity index (χ0) is 7.95. The SMILES string of the molecule is CS(C)(C)(C)=P(O)(O)O. The minimum atomic E-state index is -3.60. The molecule has 9 heavy (non-hydrogen) atoms. The Kier molecular flexibility index (Phi) is 1.96. The van der Waals surface area contributed by atoms with Crippen LogP contribution >= 0.6 is 6.72 Å². The summed E-state index contributed by atoms with van der Waals surface area (Å²) in [5, 5.41) is 0. The molecule has 0 aliphatic carbocycles. The molecule has 3 N–H and O–H groups in total. The second kappa shape index (κ2) is 1.83. The van der Waals surface area contributed by atoms with Gasteiger partial charge in [0.1, 0.15) is 0 Å². The molecule has 0 aliphatic rings. The fourth-order valence-electron chi connectivity index (χ4n) is 0. The van der Waals surface area contributed by atoms with Crippen LogP contribution in [0.1, 0.15) is 0 Å². The fraction of sp³-hybridized carbons (Fsp3) is 1.00. The monoisotopic (exact) mass is 174 g/mol. The summed E-state index contributed by atoms with van der Waals surface area (Å²) in [5.41, 5.74) is 0. The van der Waals surface area contributed by atoms with Gasteiger partial charge in [0.25, 0.3) is 6.72 Å². The highest BCUT2D eigenvalue weighted by atomic mass is 32.6.